The summed E-state index contributed by atoms with van der Waals surface area (Å²) in [7, 11) is 0. The number of carboxylic acid groups (broad SMARTS) is 1. The summed E-state index contributed by atoms with van der Waals surface area (Å²) in [5.41, 5.74) is -0.832. The normalized spacial score (nSPS) is 17.7. The van der Waals surface area contributed by atoms with Crippen LogP contribution in [0.3, 0.4) is 0 Å². The standard InChI is InChI=1S/C15H26N4O2/c1-4-12-16-13(5-2)19(18-12)10-6-9-15(3,14(20)21)17-11-7-8-11/h11,17H,4-10H2,1-3H3,(H,20,21). The Morgan fingerprint density at radius 1 is 1.43 bits per heavy atom. The van der Waals surface area contributed by atoms with E-state index in [1.54, 1.807) is 6.92 Å². The predicted octanol–water partition coefficient (Wildman–Crippen LogP) is 1.78. The van der Waals surface area contributed by atoms with Crippen molar-refractivity contribution in [2.75, 3.05) is 0 Å². The zero-order valence-corrected chi connectivity index (χ0v) is 13.2. The Bertz CT molecular complexity index is 496. The first-order valence-corrected chi connectivity index (χ1v) is 7.92. The molecule has 1 saturated carbocycles. The molecule has 1 aliphatic carbocycles. The smallest absolute Gasteiger partial charge is 0.323 e. The van der Waals surface area contributed by atoms with Gasteiger partial charge < -0.3 is 5.11 Å². The van der Waals surface area contributed by atoms with Crippen molar-refractivity contribution in [2.24, 2.45) is 0 Å². The van der Waals surface area contributed by atoms with E-state index in [1.165, 1.54) is 0 Å². The fourth-order valence-electron chi connectivity index (χ4n) is 2.52. The summed E-state index contributed by atoms with van der Waals surface area (Å²) in [6, 6.07) is 0.385. The molecule has 0 saturated heterocycles. The summed E-state index contributed by atoms with van der Waals surface area (Å²) in [6.45, 7) is 6.62. The first kappa shape index (κ1) is 15.9. The highest BCUT2D eigenvalue weighted by molar-refractivity contribution is 5.78. The van der Waals surface area contributed by atoms with Crippen molar-refractivity contribution in [1.82, 2.24) is 20.1 Å². The number of hydrogen-bond donors (Lipinski definition) is 2. The number of aromatic nitrogens is 3. The maximum atomic E-state index is 11.5. The van der Waals surface area contributed by atoms with Crippen LogP contribution in [0.1, 0.15) is 58.1 Å². The maximum absolute atomic E-state index is 11.5. The molecule has 21 heavy (non-hydrogen) atoms. The van der Waals surface area contributed by atoms with E-state index >= 15 is 0 Å². The number of aliphatic carboxylic acids is 1. The van der Waals surface area contributed by atoms with Crippen LogP contribution in [0.5, 0.6) is 0 Å². The lowest BCUT2D eigenvalue weighted by Crippen LogP contribution is -2.50. The Morgan fingerprint density at radius 2 is 2.14 bits per heavy atom. The van der Waals surface area contributed by atoms with Gasteiger partial charge in [-0.15, -0.1) is 0 Å². The first-order valence-electron chi connectivity index (χ1n) is 7.92. The van der Waals surface area contributed by atoms with Crippen LogP contribution in [0, 0.1) is 0 Å². The minimum atomic E-state index is -0.832. The van der Waals surface area contributed by atoms with Crippen molar-refractivity contribution in [3.8, 4) is 0 Å². The molecule has 0 aliphatic heterocycles. The molecular formula is C15H26N4O2. The van der Waals surface area contributed by atoms with Crippen LogP contribution in [0.2, 0.25) is 0 Å². The van der Waals surface area contributed by atoms with Gasteiger partial charge in [0.1, 0.15) is 11.4 Å². The molecule has 1 unspecified atom stereocenters. The van der Waals surface area contributed by atoms with Crippen LogP contribution >= 0.6 is 0 Å². The lowest BCUT2D eigenvalue weighted by atomic mass is 9.95. The number of carboxylic acids is 1. The van der Waals surface area contributed by atoms with E-state index in [0.29, 0.717) is 12.5 Å². The summed E-state index contributed by atoms with van der Waals surface area (Å²) in [6.07, 6.45) is 5.24. The Morgan fingerprint density at radius 3 is 2.67 bits per heavy atom. The molecule has 0 amide bonds. The lowest BCUT2D eigenvalue weighted by molar-refractivity contribution is -0.144. The SMILES string of the molecule is CCc1nc(CC)n(CCCC(C)(NC2CC2)C(=O)O)n1. The zero-order chi connectivity index (χ0) is 15.5. The highest BCUT2D eigenvalue weighted by atomic mass is 16.4. The Kier molecular flexibility index (Phi) is 4.98. The van der Waals surface area contributed by atoms with Crippen molar-refractivity contribution < 1.29 is 9.90 Å². The largest absolute Gasteiger partial charge is 0.480 e. The summed E-state index contributed by atoms with van der Waals surface area (Å²) >= 11 is 0. The Balaban J connectivity index is 1.92. The van der Waals surface area contributed by atoms with E-state index in [4.69, 9.17) is 0 Å². The molecule has 2 rings (SSSR count). The molecule has 1 heterocycles. The van der Waals surface area contributed by atoms with Gasteiger partial charge >= 0.3 is 5.97 Å². The average molecular weight is 294 g/mol. The second-order valence-corrected chi connectivity index (χ2v) is 6.03. The minimum absolute atomic E-state index is 0.385. The highest BCUT2D eigenvalue weighted by Crippen LogP contribution is 2.25. The predicted molar refractivity (Wildman–Crippen MR) is 80.2 cm³/mol. The van der Waals surface area contributed by atoms with E-state index in [0.717, 1.165) is 50.3 Å². The van der Waals surface area contributed by atoms with Gasteiger partial charge in [-0.05, 0) is 32.6 Å². The fraction of sp³-hybridized carbons (Fsp3) is 0.800. The molecule has 6 heteroatoms. The van der Waals surface area contributed by atoms with Gasteiger partial charge in [0.15, 0.2) is 5.82 Å². The lowest BCUT2D eigenvalue weighted by Gasteiger charge is -2.26. The van der Waals surface area contributed by atoms with E-state index < -0.39 is 11.5 Å². The maximum Gasteiger partial charge on any atom is 0.323 e. The molecule has 2 N–H and O–H groups in total. The number of hydrogen-bond acceptors (Lipinski definition) is 4. The van der Waals surface area contributed by atoms with Gasteiger partial charge in [0.25, 0.3) is 0 Å². The second-order valence-electron chi connectivity index (χ2n) is 6.03. The Hall–Kier alpha value is -1.43. The molecule has 1 fully saturated rings. The third-order valence-electron chi connectivity index (χ3n) is 4.04. The van der Waals surface area contributed by atoms with E-state index in [2.05, 4.69) is 22.3 Å². The van der Waals surface area contributed by atoms with Crippen molar-refractivity contribution in [3.05, 3.63) is 11.6 Å². The van der Waals surface area contributed by atoms with Crippen molar-refractivity contribution in [3.63, 3.8) is 0 Å². The summed E-state index contributed by atoms with van der Waals surface area (Å²) < 4.78 is 1.93. The molecule has 0 radical (unpaired) electrons. The van der Waals surface area contributed by atoms with Crippen LogP contribution in [-0.4, -0.2) is 37.4 Å². The number of carbonyl (C=O) groups is 1. The summed E-state index contributed by atoms with van der Waals surface area (Å²) in [5, 5.41) is 17.2. The number of aryl methyl sites for hydroxylation is 3. The number of nitrogens with one attached hydrogen (secondary N) is 1. The molecule has 118 valence electrons. The number of rotatable bonds is 9. The van der Waals surface area contributed by atoms with Crippen LogP contribution < -0.4 is 5.32 Å². The van der Waals surface area contributed by atoms with E-state index in [9.17, 15) is 9.90 Å². The second kappa shape index (κ2) is 6.56. The van der Waals surface area contributed by atoms with Gasteiger partial charge in [0, 0.05) is 25.4 Å². The van der Waals surface area contributed by atoms with Gasteiger partial charge in [-0.3, -0.25) is 10.1 Å². The highest BCUT2D eigenvalue weighted by Gasteiger charge is 2.37. The molecule has 0 aromatic carbocycles. The van der Waals surface area contributed by atoms with Crippen molar-refractivity contribution in [1.29, 1.82) is 0 Å². The Labute approximate surface area is 126 Å². The molecule has 0 bridgehead atoms. The summed E-state index contributed by atoms with van der Waals surface area (Å²) in [5.74, 6) is 1.08. The van der Waals surface area contributed by atoms with Gasteiger partial charge in [-0.25, -0.2) is 9.67 Å². The van der Waals surface area contributed by atoms with Crippen LogP contribution in [-0.2, 0) is 24.2 Å². The third-order valence-corrected chi connectivity index (χ3v) is 4.04. The molecule has 1 aliphatic rings. The first-order chi connectivity index (χ1) is 9.98. The van der Waals surface area contributed by atoms with Gasteiger partial charge in [0.2, 0.25) is 0 Å². The number of nitrogens with zero attached hydrogens (tertiary/aromatic N) is 3. The van der Waals surface area contributed by atoms with Crippen molar-refractivity contribution >= 4 is 5.97 Å². The van der Waals surface area contributed by atoms with Crippen LogP contribution in [0.15, 0.2) is 0 Å². The molecule has 6 nitrogen and oxygen atoms in total. The average Bonchev–Trinajstić information content (AvgIpc) is 3.16. The third kappa shape index (κ3) is 4.03. The molecule has 0 spiro atoms. The monoisotopic (exact) mass is 294 g/mol. The molecule has 1 atom stereocenters. The van der Waals surface area contributed by atoms with Crippen LogP contribution in [0.4, 0.5) is 0 Å². The van der Waals surface area contributed by atoms with E-state index in [-0.39, 0.29) is 0 Å². The summed E-state index contributed by atoms with van der Waals surface area (Å²) in [4.78, 5) is 16.0. The van der Waals surface area contributed by atoms with E-state index in [1.807, 2.05) is 11.6 Å². The van der Waals surface area contributed by atoms with Crippen LogP contribution in [0.25, 0.3) is 0 Å². The quantitative estimate of drug-likeness (QED) is 0.725. The zero-order valence-electron chi connectivity index (χ0n) is 13.2. The molecular weight excluding hydrogens is 268 g/mol. The molecule has 1 aromatic rings. The minimum Gasteiger partial charge on any atom is -0.480 e. The van der Waals surface area contributed by atoms with Gasteiger partial charge in [-0.1, -0.05) is 13.8 Å². The fourth-order valence-corrected chi connectivity index (χ4v) is 2.52. The topological polar surface area (TPSA) is 80.0 Å². The molecule has 1 aromatic heterocycles. The van der Waals surface area contributed by atoms with Gasteiger partial charge in [-0.2, -0.15) is 5.10 Å². The van der Waals surface area contributed by atoms with Crippen molar-refractivity contribution in [2.45, 2.75) is 77.4 Å². The van der Waals surface area contributed by atoms with Gasteiger partial charge in [0.05, 0.1) is 0 Å².